The third-order valence-corrected chi connectivity index (χ3v) is 6.18. The van der Waals surface area contributed by atoms with Gasteiger partial charge in [-0.25, -0.2) is 9.97 Å². The predicted octanol–water partition coefficient (Wildman–Crippen LogP) is 5.90. The number of nitrogens with zero attached hydrogens (tertiary/aromatic N) is 7. The van der Waals surface area contributed by atoms with Gasteiger partial charge in [0.2, 0.25) is 0 Å². The van der Waals surface area contributed by atoms with Crippen molar-refractivity contribution in [2.24, 2.45) is 7.05 Å². The maximum Gasteiger partial charge on any atom is 0.150 e. The van der Waals surface area contributed by atoms with Crippen LogP contribution in [0.15, 0.2) is 67.4 Å². The third kappa shape index (κ3) is 6.18. The van der Waals surface area contributed by atoms with Crippen LogP contribution in [0, 0.1) is 0 Å². The molecule has 0 saturated carbocycles. The number of hydrogen-bond donors (Lipinski definition) is 0. The number of aryl methyl sites for hydroxylation is 2. The van der Waals surface area contributed by atoms with Crippen molar-refractivity contribution in [2.45, 2.75) is 20.3 Å². The summed E-state index contributed by atoms with van der Waals surface area (Å²) in [7, 11) is 5.19. The number of aromatic nitrogens is 6. The number of halogens is 1. The monoisotopic (exact) mass is 531 g/mol. The molecule has 196 valence electrons. The Hall–Kier alpha value is -4.24. The van der Waals surface area contributed by atoms with Crippen molar-refractivity contribution in [1.82, 2.24) is 29.7 Å². The van der Waals surface area contributed by atoms with E-state index in [1.807, 2.05) is 44.4 Å². The highest BCUT2D eigenvalue weighted by molar-refractivity contribution is 6.29. The largest absolute Gasteiger partial charge is 0.497 e. The molecule has 10 heteroatoms. The van der Waals surface area contributed by atoms with Gasteiger partial charge in [0.25, 0.3) is 0 Å². The highest BCUT2D eigenvalue weighted by atomic mass is 35.5. The third-order valence-electron chi connectivity index (χ3n) is 5.86. The molecule has 0 amide bonds. The first kappa shape index (κ1) is 26.8. The van der Waals surface area contributed by atoms with Gasteiger partial charge in [-0.15, -0.1) is 0 Å². The van der Waals surface area contributed by atoms with Crippen LogP contribution in [0.25, 0.3) is 22.3 Å². The summed E-state index contributed by atoms with van der Waals surface area (Å²) in [6, 6.07) is 11.9. The summed E-state index contributed by atoms with van der Waals surface area (Å²) in [5, 5.41) is 4.74. The van der Waals surface area contributed by atoms with Crippen LogP contribution in [-0.2, 0) is 13.5 Å². The molecule has 0 bridgehead atoms. The SMILES string of the molecule is CCN(c1cc(OC)cc(OC)c1)c1ccc2ncc(-c3cnn(C)c3)nc2c1.CCc1nccnc1Cl. The van der Waals surface area contributed by atoms with Gasteiger partial charge in [-0.1, -0.05) is 18.5 Å². The molecule has 5 rings (SSSR count). The van der Waals surface area contributed by atoms with Crippen LogP contribution < -0.4 is 14.4 Å². The van der Waals surface area contributed by atoms with E-state index >= 15 is 0 Å². The van der Waals surface area contributed by atoms with Crippen molar-refractivity contribution in [3.63, 3.8) is 0 Å². The van der Waals surface area contributed by atoms with Crippen LogP contribution in [0.1, 0.15) is 19.5 Å². The molecular formula is C28H30ClN7O2. The smallest absolute Gasteiger partial charge is 0.150 e. The molecule has 5 aromatic rings. The molecule has 0 aliphatic rings. The average molecular weight is 532 g/mol. The molecule has 9 nitrogen and oxygen atoms in total. The molecule has 3 heterocycles. The Morgan fingerprint density at radius 3 is 2.18 bits per heavy atom. The fourth-order valence-corrected chi connectivity index (χ4v) is 4.15. The van der Waals surface area contributed by atoms with E-state index in [4.69, 9.17) is 26.1 Å². The van der Waals surface area contributed by atoms with Gasteiger partial charge < -0.3 is 14.4 Å². The lowest BCUT2D eigenvalue weighted by Crippen LogP contribution is -2.16. The second-order valence-electron chi connectivity index (χ2n) is 8.29. The Kier molecular flexibility index (Phi) is 8.70. The lowest BCUT2D eigenvalue weighted by Gasteiger charge is -2.24. The summed E-state index contributed by atoms with van der Waals surface area (Å²) in [5.74, 6) is 1.49. The van der Waals surface area contributed by atoms with Crippen molar-refractivity contribution < 1.29 is 9.47 Å². The van der Waals surface area contributed by atoms with Gasteiger partial charge in [-0.2, -0.15) is 5.10 Å². The number of anilines is 2. The molecule has 0 aliphatic carbocycles. The molecule has 0 aliphatic heterocycles. The van der Waals surface area contributed by atoms with Gasteiger partial charge in [0.05, 0.1) is 49.0 Å². The van der Waals surface area contributed by atoms with Crippen molar-refractivity contribution in [3.05, 3.63) is 78.2 Å². The van der Waals surface area contributed by atoms with E-state index in [0.29, 0.717) is 5.15 Å². The zero-order valence-electron chi connectivity index (χ0n) is 22.1. The maximum absolute atomic E-state index is 5.65. The van der Waals surface area contributed by atoms with Crippen LogP contribution in [0.5, 0.6) is 11.5 Å². The Bertz CT molecular complexity index is 1500. The van der Waals surface area contributed by atoms with Crippen molar-refractivity contribution in [2.75, 3.05) is 25.7 Å². The number of fused-ring (bicyclic) bond motifs is 1. The summed E-state index contributed by atoms with van der Waals surface area (Å²) < 4.78 is 12.6. The first-order valence-electron chi connectivity index (χ1n) is 12.2. The lowest BCUT2D eigenvalue weighted by molar-refractivity contribution is 0.394. The van der Waals surface area contributed by atoms with Gasteiger partial charge in [-0.3, -0.25) is 14.6 Å². The number of ether oxygens (including phenoxy) is 2. The summed E-state index contributed by atoms with van der Waals surface area (Å²) in [6.07, 6.45) is 9.57. The van der Waals surface area contributed by atoms with E-state index in [1.54, 1.807) is 43.7 Å². The average Bonchev–Trinajstić information content (AvgIpc) is 3.39. The van der Waals surface area contributed by atoms with Crippen molar-refractivity contribution >= 4 is 34.0 Å². The fraction of sp³-hybridized carbons (Fsp3) is 0.250. The number of methoxy groups -OCH3 is 2. The standard InChI is InChI=1S/C22H23N5O2.C6H7ClN2/c1-5-27(17-8-18(28-3)11-19(9-17)29-4)16-6-7-20-21(10-16)25-22(13-23-20)15-12-24-26(2)14-15;1-2-5-6(7)9-4-3-8-5/h6-14H,5H2,1-4H3;3-4H,2H2,1H3. The maximum atomic E-state index is 5.65. The van der Waals surface area contributed by atoms with E-state index in [0.717, 1.165) is 63.8 Å². The normalized spacial score (nSPS) is 10.6. The zero-order chi connectivity index (χ0) is 27.1. The van der Waals surface area contributed by atoms with Crippen LogP contribution in [0.3, 0.4) is 0 Å². The summed E-state index contributed by atoms with van der Waals surface area (Å²) >= 11 is 5.65. The topological polar surface area (TPSA) is 91.1 Å². The molecule has 38 heavy (non-hydrogen) atoms. The molecule has 0 radical (unpaired) electrons. The second-order valence-corrected chi connectivity index (χ2v) is 8.65. The van der Waals surface area contributed by atoms with Crippen LogP contribution in [0.2, 0.25) is 5.15 Å². The fourth-order valence-electron chi connectivity index (χ4n) is 3.91. The Labute approximate surface area is 227 Å². The minimum absolute atomic E-state index is 0.514. The summed E-state index contributed by atoms with van der Waals surface area (Å²) in [4.78, 5) is 19.4. The van der Waals surface area contributed by atoms with E-state index < -0.39 is 0 Å². The quantitative estimate of drug-likeness (QED) is 0.256. The number of rotatable bonds is 7. The zero-order valence-corrected chi connectivity index (χ0v) is 22.8. The Morgan fingerprint density at radius 1 is 0.868 bits per heavy atom. The molecule has 0 atom stereocenters. The molecule has 2 aromatic carbocycles. The molecule has 0 unspecified atom stereocenters. The van der Waals surface area contributed by atoms with E-state index in [1.165, 1.54) is 0 Å². The van der Waals surface area contributed by atoms with Gasteiger partial charge in [0.15, 0.2) is 0 Å². The molecule has 0 fully saturated rings. The van der Waals surface area contributed by atoms with Gasteiger partial charge in [0, 0.05) is 67.3 Å². The number of hydrogen-bond acceptors (Lipinski definition) is 8. The van der Waals surface area contributed by atoms with Crippen LogP contribution in [-0.4, -0.2) is 50.5 Å². The van der Waals surface area contributed by atoms with E-state index in [2.05, 4.69) is 44.0 Å². The number of benzene rings is 2. The first-order chi connectivity index (χ1) is 18.4. The minimum atomic E-state index is 0.514. The summed E-state index contributed by atoms with van der Waals surface area (Å²) in [6.45, 7) is 4.88. The Morgan fingerprint density at radius 2 is 1.61 bits per heavy atom. The predicted molar refractivity (Wildman–Crippen MR) is 150 cm³/mol. The molecule has 3 aromatic heterocycles. The van der Waals surface area contributed by atoms with E-state index in [-0.39, 0.29) is 0 Å². The first-order valence-corrected chi connectivity index (χ1v) is 12.5. The van der Waals surface area contributed by atoms with Crippen molar-refractivity contribution in [3.8, 4) is 22.8 Å². The highest BCUT2D eigenvalue weighted by Gasteiger charge is 2.13. The van der Waals surface area contributed by atoms with Gasteiger partial charge >= 0.3 is 0 Å². The molecule has 0 saturated heterocycles. The van der Waals surface area contributed by atoms with Gasteiger partial charge in [-0.05, 0) is 31.5 Å². The second kappa shape index (κ2) is 12.3. The minimum Gasteiger partial charge on any atom is -0.497 e. The van der Waals surface area contributed by atoms with Crippen LogP contribution >= 0.6 is 11.6 Å². The van der Waals surface area contributed by atoms with Crippen molar-refractivity contribution in [1.29, 1.82) is 0 Å². The van der Waals surface area contributed by atoms with Gasteiger partial charge in [0.1, 0.15) is 16.7 Å². The lowest BCUT2D eigenvalue weighted by atomic mass is 10.2. The molecular weight excluding hydrogens is 502 g/mol. The van der Waals surface area contributed by atoms with E-state index in [9.17, 15) is 0 Å². The molecule has 0 N–H and O–H groups in total. The summed E-state index contributed by atoms with van der Waals surface area (Å²) in [5.41, 5.74) is 6.29. The highest BCUT2D eigenvalue weighted by Crippen LogP contribution is 2.33. The van der Waals surface area contributed by atoms with Crippen LogP contribution in [0.4, 0.5) is 11.4 Å². The molecule has 0 spiro atoms. The Balaban J connectivity index is 0.000000317.